The molecule has 1 heterocycles. The Morgan fingerprint density at radius 3 is 2.56 bits per heavy atom. The molecule has 0 saturated heterocycles. The molecule has 3 aromatic rings. The molecule has 6 nitrogen and oxygen atoms in total. The van der Waals surface area contributed by atoms with E-state index in [1.54, 1.807) is 25.1 Å². The molecular weight excluding hydrogens is 364 g/mol. The molecule has 27 heavy (non-hydrogen) atoms. The highest BCUT2D eigenvalue weighted by molar-refractivity contribution is 7.89. The molecule has 0 bridgehead atoms. The average Bonchev–Trinajstić information content (AvgIpc) is 3.03. The maximum absolute atomic E-state index is 12.6. The van der Waals surface area contributed by atoms with Crippen LogP contribution in [0.4, 0.5) is 0 Å². The van der Waals surface area contributed by atoms with Gasteiger partial charge in [-0.2, -0.15) is 0 Å². The summed E-state index contributed by atoms with van der Waals surface area (Å²) in [5.74, 6) is -0.547. The van der Waals surface area contributed by atoms with Crippen molar-refractivity contribution in [2.24, 2.45) is 0 Å². The summed E-state index contributed by atoms with van der Waals surface area (Å²) >= 11 is 0. The number of para-hydroxylation sites is 1. The molecule has 0 spiro atoms. The van der Waals surface area contributed by atoms with Crippen LogP contribution in [-0.4, -0.2) is 14.3 Å². The Bertz CT molecular complexity index is 1130. The molecule has 0 fully saturated rings. The summed E-state index contributed by atoms with van der Waals surface area (Å²) in [6, 6.07) is 12.4. The number of carbonyl (C=O) groups excluding carboxylic acids is 1. The van der Waals surface area contributed by atoms with Gasteiger partial charge in [0.25, 0.3) is 10.0 Å². The van der Waals surface area contributed by atoms with Gasteiger partial charge in [-0.25, -0.2) is 8.42 Å². The minimum Gasteiger partial charge on any atom is -0.451 e. The lowest BCUT2D eigenvalue weighted by Crippen LogP contribution is -2.41. The van der Waals surface area contributed by atoms with Crippen LogP contribution in [0.1, 0.15) is 40.1 Å². The van der Waals surface area contributed by atoms with E-state index in [9.17, 15) is 13.2 Å². The van der Waals surface area contributed by atoms with Gasteiger partial charge in [0.15, 0.2) is 5.76 Å². The summed E-state index contributed by atoms with van der Waals surface area (Å²) in [6.45, 7) is 1.76. The highest BCUT2D eigenvalue weighted by Crippen LogP contribution is 2.25. The van der Waals surface area contributed by atoms with Gasteiger partial charge in [0.05, 0.1) is 4.90 Å². The smallest absolute Gasteiger partial charge is 0.302 e. The van der Waals surface area contributed by atoms with Gasteiger partial charge < -0.3 is 4.42 Å². The molecule has 1 aliphatic rings. The number of benzene rings is 2. The number of hydrogen-bond donors (Lipinski definition) is 2. The fraction of sp³-hybridized carbons (Fsp3) is 0.250. The van der Waals surface area contributed by atoms with Gasteiger partial charge in [0.1, 0.15) is 5.58 Å². The van der Waals surface area contributed by atoms with Crippen molar-refractivity contribution in [3.63, 3.8) is 0 Å². The molecule has 140 valence electrons. The normalized spacial score (nSPS) is 14.1. The van der Waals surface area contributed by atoms with Gasteiger partial charge >= 0.3 is 5.91 Å². The van der Waals surface area contributed by atoms with Crippen LogP contribution in [0.15, 0.2) is 51.8 Å². The van der Waals surface area contributed by atoms with Crippen molar-refractivity contribution in [1.29, 1.82) is 0 Å². The first-order valence-electron chi connectivity index (χ1n) is 8.88. The van der Waals surface area contributed by atoms with Gasteiger partial charge in [-0.05, 0) is 61.9 Å². The van der Waals surface area contributed by atoms with Crippen molar-refractivity contribution >= 4 is 26.9 Å². The molecule has 7 heteroatoms. The van der Waals surface area contributed by atoms with E-state index in [1.807, 2.05) is 24.3 Å². The fourth-order valence-corrected chi connectivity index (χ4v) is 4.39. The van der Waals surface area contributed by atoms with Crippen LogP contribution in [-0.2, 0) is 22.9 Å². The van der Waals surface area contributed by atoms with Crippen LogP contribution < -0.4 is 10.3 Å². The topological polar surface area (TPSA) is 88.4 Å². The van der Waals surface area contributed by atoms with E-state index in [4.69, 9.17) is 4.42 Å². The number of aryl methyl sites for hydroxylation is 3. The third-order valence-corrected chi connectivity index (χ3v) is 6.22. The van der Waals surface area contributed by atoms with Crippen LogP contribution in [0.2, 0.25) is 0 Å². The molecule has 0 saturated carbocycles. The number of furan rings is 1. The molecule has 0 aliphatic heterocycles. The number of hydrogen-bond acceptors (Lipinski definition) is 4. The van der Waals surface area contributed by atoms with E-state index < -0.39 is 15.9 Å². The summed E-state index contributed by atoms with van der Waals surface area (Å²) < 4.78 is 30.7. The summed E-state index contributed by atoms with van der Waals surface area (Å²) in [7, 11) is -3.86. The van der Waals surface area contributed by atoms with Gasteiger partial charge in [0, 0.05) is 10.9 Å². The first-order valence-corrected chi connectivity index (χ1v) is 10.4. The molecule has 0 atom stereocenters. The number of sulfonamides is 1. The van der Waals surface area contributed by atoms with Crippen LogP contribution in [0.3, 0.4) is 0 Å². The van der Waals surface area contributed by atoms with E-state index in [0.29, 0.717) is 11.1 Å². The lowest BCUT2D eigenvalue weighted by molar-refractivity contribution is 0.0918. The number of amides is 1. The Morgan fingerprint density at radius 2 is 1.78 bits per heavy atom. The van der Waals surface area contributed by atoms with Crippen molar-refractivity contribution in [2.75, 3.05) is 0 Å². The summed E-state index contributed by atoms with van der Waals surface area (Å²) in [5, 5.41) is 0.820. The van der Waals surface area contributed by atoms with Gasteiger partial charge in [-0.1, -0.05) is 24.3 Å². The van der Waals surface area contributed by atoms with Crippen molar-refractivity contribution < 1.29 is 17.6 Å². The molecule has 2 aromatic carbocycles. The second kappa shape index (κ2) is 6.83. The fourth-order valence-electron chi connectivity index (χ4n) is 3.50. The minimum atomic E-state index is -3.86. The van der Waals surface area contributed by atoms with E-state index in [0.717, 1.165) is 36.6 Å². The number of hydrazine groups is 1. The zero-order chi connectivity index (χ0) is 19.0. The third-order valence-electron chi connectivity index (χ3n) is 4.98. The first-order chi connectivity index (χ1) is 13.0. The molecule has 0 radical (unpaired) electrons. The molecule has 4 rings (SSSR count). The lowest BCUT2D eigenvalue weighted by atomic mass is 9.92. The molecule has 1 aromatic heterocycles. The third kappa shape index (κ3) is 3.36. The zero-order valence-electron chi connectivity index (χ0n) is 14.9. The van der Waals surface area contributed by atoms with Gasteiger partial charge in [-0.3, -0.25) is 10.2 Å². The average molecular weight is 384 g/mol. The highest BCUT2D eigenvalue weighted by atomic mass is 32.2. The zero-order valence-corrected chi connectivity index (χ0v) is 15.7. The van der Waals surface area contributed by atoms with Crippen LogP contribution in [0, 0.1) is 6.92 Å². The Balaban J connectivity index is 1.53. The first kappa shape index (κ1) is 17.8. The lowest BCUT2D eigenvalue weighted by Gasteiger charge is -2.16. The summed E-state index contributed by atoms with van der Waals surface area (Å²) in [5.41, 5.74) is 5.75. The van der Waals surface area contributed by atoms with Crippen molar-refractivity contribution in [2.45, 2.75) is 37.5 Å². The number of rotatable bonds is 4. The Hall–Kier alpha value is -2.64. The molecular formula is C20H20N2O4S. The van der Waals surface area contributed by atoms with E-state index in [1.165, 1.54) is 5.56 Å². The summed E-state index contributed by atoms with van der Waals surface area (Å²) in [4.78, 5) is 14.7. The summed E-state index contributed by atoms with van der Waals surface area (Å²) in [6.07, 6.45) is 4.05. The molecule has 2 N–H and O–H groups in total. The van der Waals surface area contributed by atoms with E-state index in [2.05, 4.69) is 10.3 Å². The molecule has 1 amide bonds. The van der Waals surface area contributed by atoms with Crippen molar-refractivity contribution in [3.8, 4) is 0 Å². The standard InChI is InChI=1S/C20H20N2O4S/c1-13-17-8-4-5-9-18(17)26-19(13)20(23)21-22-27(24,25)16-11-10-14-6-2-3-7-15(14)12-16/h4-5,8-12,22H,2-3,6-7H2,1H3,(H,21,23). The second-order valence-electron chi connectivity index (χ2n) is 6.75. The van der Waals surface area contributed by atoms with E-state index in [-0.39, 0.29) is 10.7 Å². The van der Waals surface area contributed by atoms with Crippen LogP contribution >= 0.6 is 0 Å². The molecule has 0 unspecified atom stereocenters. The predicted molar refractivity (Wildman–Crippen MR) is 102 cm³/mol. The van der Waals surface area contributed by atoms with Crippen molar-refractivity contribution in [1.82, 2.24) is 10.3 Å². The largest absolute Gasteiger partial charge is 0.451 e. The van der Waals surface area contributed by atoms with Crippen molar-refractivity contribution in [3.05, 3.63) is 64.9 Å². The number of nitrogens with one attached hydrogen (secondary N) is 2. The van der Waals surface area contributed by atoms with Gasteiger partial charge in [0.2, 0.25) is 0 Å². The van der Waals surface area contributed by atoms with Crippen LogP contribution in [0.25, 0.3) is 11.0 Å². The Kier molecular flexibility index (Phi) is 4.49. The minimum absolute atomic E-state index is 0.0874. The Morgan fingerprint density at radius 1 is 1.04 bits per heavy atom. The quantitative estimate of drug-likeness (QED) is 0.676. The Labute approximate surface area is 157 Å². The number of fused-ring (bicyclic) bond motifs is 2. The monoisotopic (exact) mass is 384 g/mol. The maximum Gasteiger partial charge on any atom is 0.302 e. The second-order valence-corrected chi connectivity index (χ2v) is 8.43. The molecule has 1 aliphatic carbocycles. The van der Waals surface area contributed by atoms with Crippen LogP contribution in [0.5, 0.6) is 0 Å². The maximum atomic E-state index is 12.6. The predicted octanol–water partition coefficient (Wildman–Crippen LogP) is 3.24. The highest BCUT2D eigenvalue weighted by Gasteiger charge is 2.21. The van der Waals surface area contributed by atoms with Gasteiger partial charge in [-0.15, -0.1) is 4.83 Å². The van der Waals surface area contributed by atoms with E-state index >= 15 is 0 Å². The number of carbonyl (C=O) groups is 1. The SMILES string of the molecule is Cc1c(C(=O)NNS(=O)(=O)c2ccc3c(c2)CCCC3)oc2ccccc12.